The fourth-order valence-corrected chi connectivity index (χ4v) is 5.80. The highest BCUT2D eigenvalue weighted by molar-refractivity contribution is 9.10. The van der Waals surface area contributed by atoms with E-state index >= 15 is 0 Å². The van der Waals surface area contributed by atoms with Crippen molar-refractivity contribution in [3.63, 3.8) is 0 Å². The highest BCUT2D eigenvalue weighted by Gasteiger charge is 2.53. The molecular formula is C37H40BrNO7. The lowest BCUT2D eigenvalue weighted by atomic mass is 9.92. The lowest BCUT2D eigenvalue weighted by Gasteiger charge is -2.47. The Kier molecular flexibility index (Phi) is 12.8. The number of para-hydroxylation sites is 1. The third kappa shape index (κ3) is 9.03. The van der Waals surface area contributed by atoms with Gasteiger partial charge in [0.2, 0.25) is 0 Å². The number of carbonyl (C=O) groups excluding carboxylic acids is 1. The molecule has 9 heteroatoms. The normalized spacial score (nSPS) is 21.8. The van der Waals surface area contributed by atoms with E-state index in [9.17, 15) is 4.79 Å². The van der Waals surface area contributed by atoms with Gasteiger partial charge in [0.25, 0.3) is 0 Å². The third-order valence-electron chi connectivity index (χ3n) is 7.67. The number of benzene rings is 4. The number of anilines is 1. The maximum Gasteiger partial charge on any atom is 0.331 e. The quantitative estimate of drug-likeness (QED) is 0.135. The van der Waals surface area contributed by atoms with Gasteiger partial charge in [-0.3, -0.25) is 0 Å². The Labute approximate surface area is 279 Å². The van der Waals surface area contributed by atoms with Crippen molar-refractivity contribution in [1.29, 1.82) is 0 Å². The van der Waals surface area contributed by atoms with Crippen LogP contribution in [-0.2, 0) is 53.0 Å². The average Bonchev–Trinajstić information content (AvgIpc) is 3.10. The summed E-state index contributed by atoms with van der Waals surface area (Å²) in [6.45, 7) is 2.80. The standard InChI is InChI=1S/C37H40BrNO7/c1-3-42-36(40)31(39-30-22-14-13-21-29(30)38)32-33(43-23-26-15-7-4-8-16-26)34(44-24-27-17-9-5-10-18-27)35(37(41-2)46-32)45-25-28-19-11-6-12-20-28/h4-22,31-35,37,39H,3,23-25H2,1-2H3/t31?,32-,33-,34+,35-,37+/m1/s1. The van der Waals surface area contributed by atoms with E-state index in [-0.39, 0.29) is 19.8 Å². The summed E-state index contributed by atoms with van der Waals surface area (Å²) in [6.07, 6.45) is -3.95. The number of ether oxygens (including phenoxy) is 6. The highest BCUT2D eigenvalue weighted by atomic mass is 79.9. The minimum absolute atomic E-state index is 0.194. The molecule has 242 valence electrons. The van der Waals surface area contributed by atoms with E-state index in [1.54, 1.807) is 14.0 Å². The molecule has 4 aromatic rings. The SMILES string of the molecule is CCOC(=O)C(Nc1ccccc1Br)[C@H]1O[C@H](OC)[C@H](OCc2ccccc2)[C@@H](OCc2ccccc2)[C@@H]1OCc1ccccc1. The van der Waals surface area contributed by atoms with Crippen LogP contribution in [0.1, 0.15) is 23.6 Å². The number of hydrogen-bond donors (Lipinski definition) is 1. The number of methoxy groups -OCH3 is 1. The molecule has 1 unspecified atom stereocenters. The first-order chi connectivity index (χ1) is 22.6. The molecule has 0 spiro atoms. The molecule has 0 radical (unpaired) electrons. The minimum atomic E-state index is -0.977. The molecule has 46 heavy (non-hydrogen) atoms. The van der Waals surface area contributed by atoms with E-state index < -0.39 is 42.7 Å². The second-order valence-electron chi connectivity index (χ2n) is 10.8. The van der Waals surface area contributed by atoms with Crippen LogP contribution < -0.4 is 5.32 Å². The summed E-state index contributed by atoms with van der Waals surface area (Å²) in [7, 11) is 1.56. The van der Waals surface area contributed by atoms with Crippen molar-refractivity contribution >= 4 is 27.6 Å². The van der Waals surface area contributed by atoms with Gasteiger partial charge in [-0.15, -0.1) is 0 Å². The summed E-state index contributed by atoms with van der Waals surface area (Å²) in [5, 5.41) is 3.36. The fraction of sp³-hybridized carbons (Fsp3) is 0.324. The average molecular weight is 691 g/mol. The molecule has 5 rings (SSSR count). The zero-order valence-corrected chi connectivity index (χ0v) is 27.6. The van der Waals surface area contributed by atoms with Gasteiger partial charge < -0.3 is 33.7 Å². The first-order valence-corrected chi connectivity index (χ1v) is 16.2. The van der Waals surface area contributed by atoms with Crippen LogP contribution in [0.5, 0.6) is 0 Å². The van der Waals surface area contributed by atoms with Gasteiger partial charge >= 0.3 is 5.97 Å². The zero-order chi connectivity index (χ0) is 32.1. The number of carbonyl (C=O) groups is 1. The predicted octanol–water partition coefficient (Wildman–Crippen LogP) is 6.92. The molecule has 1 heterocycles. The molecule has 0 aliphatic carbocycles. The third-order valence-corrected chi connectivity index (χ3v) is 8.36. The second kappa shape index (κ2) is 17.4. The molecule has 1 saturated heterocycles. The van der Waals surface area contributed by atoms with Crippen molar-refractivity contribution in [2.24, 2.45) is 0 Å². The van der Waals surface area contributed by atoms with E-state index in [4.69, 9.17) is 28.4 Å². The Morgan fingerprint density at radius 1 is 0.717 bits per heavy atom. The minimum Gasteiger partial charge on any atom is -0.464 e. The molecule has 1 aliphatic heterocycles. The maximum atomic E-state index is 13.7. The van der Waals surface area contributed by atoms with Crippen molar-refractivity contribution in [2.45, 2.75) is 63.5 Å². The number of halogens is 1. The summed E-state index contributed by atoms with van der Waals surface area (Å²) in [6, 6.07) is 36.2. The van der Waals surface area contributed by atoms with Gasteiger partial charge in [-0.05, 0) is 51.7 Å². The number of rotatable bonds is 15. The summed E-state index contributed by atoms with van der Waals surface area (Å²) in [5.74, 6) is -0.489. The Morgan fingerprint density at radius 3 is 1.70 bits per heavy atom. The number of nitrogens with one attached hydrogen (secondary N) is 1. The molecule has 8 nitrogen and oxygen atoms in total. The van der Waals surface area contributed by atoms with Gasteiger partial charge in [0.05, 0.1) is 26.4 Å². The lowest BCUT2D eigenvalue weighted by molar-refractivity contribution is -0.319. The van der Waals surface area contributed by atoms with Crippen molar-refractivity contribution in [3.05, 3.63) is 136 Å². The molecule has 0 aromatic heterocycles. The largest absolute Gasteiger partial charge is 0.464 e. The van der Waals surface area contributed by atoms with E-state index in [1.807, 2.05) is 115 Å². The second-order valence-corrected chi connectivity index (χ2v) is 11.7. The summed E-state index contributed by atoms with van der Waals surface area (Å²) in [5.41, 5.74) is 3.63. The first-order valence-electron chi connectivity index (χ1n) is 15.4. The van der Waals surface area contributed by atoms with Gasteiger partial charge in [-0.25, -0.2) is 4.79 Å². The maximum absolute atomic E-state index is 13.7. The summed E-state index contributed by atoms with van der Waals surface area (Å²) < 4.78 is 38.8. The van der Waals surface area contributed by atoms with Crippen LogP contribution in [-0.4, -0.2) is 56.4 Å². The van der Waals surface area contributed by atoms with Crippen LogP contribution in [0.3, 0.4) is 0 Å². The summed E-state index contributed by atoms with van der Waals surface area (Å²) in [4.78, 5) is 13.7. The topological polar surface area (TPSA) is 84.5 Å². The molecule has 1 aliphatic rings. The molecule has 0 bridgehead atoms. The first kappa shape index (κ1) is 33.8. The van der Waals surface area contributed by atoms with Crippen LogP contribution in [0.15, 0.2) is 120 Å². The molecule has 0 saturated carbocycles. The predicted molar refractivity (Wildman–Crippen MR) is 179 cm³/mol. The monoisotopic (exact) mass is 689 g/mol. The molecule has 1 fully saturated rings. The van der Waals surface area contributed by atoms with Gasteiger partial charge in [0.15, 0.2) is 12.3 Å². The fourth-order valence-electron chi connectivity index (χ4n) is 5.40. The van der Waals surface area contributed by atoms with Crippen LogP contribution in [0.2, 0.25) is 0 Å². The van der Waals surface area contributed by atoms with Crippen molar-refractivity contribution in [2.75, 3.05) is 19.0 Å². The van der Waals surface area contributed by atoms with E-state index in [0.717, 1.165) is 21.2 Å². The Hall–Kier alpha value is -3.57. The molecular weight excluding hydrogens is 650 g/mol. The molecule has 6 atom stereocenters. The highest BCUT2D eigenvalue weighted by Crippen LogP contribution is 2.34. The zero-order valence-electron chi connectivity index (χ0n) is 26.0. The van der Waals surface area contributed by atoms with Crippen LogP contribution in [0.4, 0.5) is 5.69 Å². The van der Waals surface area contributed by atoms with Crippen molar-refractivity contribution < 1.29 is 33.2 Å². The Balaban J connectivity index is 1.54. The van der Waals surface area contributed by atoms with Crippen LogP contribution in [0, 0.1) is 0 Å². The Morgan fingerprint density at radius 2 is 1.20 bits per heavy atom. The van der Waals surface area contributed by atoms with Gasteiger partial charge in [0.1, 0.15) is 24.4 Å². The van der Waals surface area contributed by atoms with E-state index in [0.29, 0.717) is 12.3 Å². The number of hydrogen-bond acceptors (Lipinski definition) is 8. The van der Waals surface area contributed by atoms with E-state index in [2.05, 4.69) is 21.2 Å². The van der Waals surface area contributed by atoms with E-state index in [1.165, 1.54) is 0 Å². The molecule has 0 amide bonds. The lowest BCUT2D eigenvalue weighted by Crippen LogP contribution is -2.65. The summed E-state index contributed by atoms with van der Waals surface area (Å²) >= 11 is 3.60. The molecule has 4 aromatic carbocycles. The van der Waals surface area contributed by atoms with Crippen molar-refractivity contribution in [1.82, 2.24) is 0 Å². The molecule has 1 N–H and O–H groups in total. The van der Waals surface area contributed by atoms with Crippen molar-refractivity contribution in [3.8, 4) is 0 Å². The Bertz CT molecular complexity index is 1480. The smallest absolute Gasteiger partial charge is 0.331 e. The van der Waals surface area contributed by atoms with Gasteiger partial charge in [0, 0.05) is 17.3 Å². The number of esters is 1. The van der Waals surface area contributed by atoms with Crippen LogP contribution in [0.25, 0.3) is 0 Å². The van der Waals surface area contributed by atoms with Gasteiger partial charge in [-0.2, -0.15) is 0 Å². The van der Waals surface area contributed by atoms with Crippen LogP contribution >= 0.6 is 15.9 Å². The van der Waals surface area contributed by atoms with Gasteiger partial charge in [-0.1, -0.05) is 103 Å².